The van der Waals surface area contributed by atoms with Crippen LogP contribution in [0.5, 0.6) is 0 Å². The lowest BCUT2D eigenvalue weighted by Gasteiger charge is -2.23. The van der Waals surface area contributed by atoms with Crippen molar-refractivity contribution in [2.24, 2.45) is 17.8 Å². The molecule has 0 bridgehead atoms. The third-order valence-corrected chi connectivity index (χ3v) is 3.24. The highest BCUT2D eigenvalue weighted by atomic mass is 19.1. The Kier molecular flexibility index (Phi) is 6.36. The highest BCUT2D eigenvalue weighted by Crippen LogP contribution is 2.25. The van der Waals surface area contributed by atoms with Crippen molar-refractivity contribution in [1.29, 1.82) is 0 Å². The van der Waals surface area contributed by atoms with Crippen LogP contribution in [0.15, 0.2) is 0 Å². The summed E-state index contributed by atoms with van der Waals surface area (Å²) < 4.78 is 12.9. The van der Waals surface area contributed by atoms with Crippen molar-refractivity contribution in [3.05, 3.63) is 0 Å². The molecule has 0 heterocycles. The van der Waals surface area contributed by atoms with Gasteiger partial charge in [-0.25, -0.2) is 4.39 Å². The number of hydrogen-bond acceptors (Lipinski definition) is 0. The molecule has 0 aliphatic carbocycles. The van der Waals surface area contributed by atoms with E-state index in [0.29, 0.717) is 5.92 Å². The van der Waals surface area contributed by atoms with E-state index in [9.17, 15) is 4.39 Å². The van der Waals surface area contributed by atoms with E-state index < -0.39 is 6.17 Å². The molecule has 4 atom stereocenters. The molecule has 80 valence electrons. The molecule has 0 saturated heterocycles. The Morgan fingerprint density at radius 3 is 1.85 bits per heavy atom. The average Bonchev–Trinajstić information content (AvgIpc) is 2.04. The van der Waals surface area contributed by atoms with Gasteiger partial charge in [-0.1, -0.05) is 40.5 Å². The van der Waals surface area contributed by atoms with E-state index in [4.69, 9.17) is 0 Å². The molecule has 0 fully saturated rings. The number of alkyl halides is 1. The predicted molar refractivity (Wildman–Crippen MR) is 57.6 cm³/mol. The second-order valence-corrected chi connectivity index (χ2v) is 4.63. The van der Waals surface area contributed by atoms with Crippen molar-refractivity contribution in [2.45, 2.75) is 60.1 Å². The van der Waals surface area contributed by atoms with E-state index in [-0.39, 0.29) is 5.92 Å². The molecule has 13 heavy (non-hydrogen) atoms. The topological polar surface area (TPSA) is 0 Å². The lowest BCUT2D eigenvalue weighted by Crippen LogP contribution is -2.16. The first kappa shape index (κ1) is 12.9. The van der Waals surface area contributed by atoms with Crippen LogP contribution in [0.25, 0.3) is 0 Å². The van der Waals surface area contributed by atoms with Gasteiger partial charge < -0.3 is 0 Å². The van der Waals surface area contributed by atoms with Gasteiger partial charge in [0.25, 0.3) is 0 Å². The minimum absolute atomic E-state index is 0.217. The fourth-order valence-corrected chi connectivity index (χ4v) is 1.75. The summed E-state index contributed by atoms with van der Waals surface area (Å²) in [4.78, 5) is 0. The molecule has 0 rings (SSSR count). The summed E-state index contributed by atoms with van der Waals surface area (Å²) in [6.45, 7) is 10.4. The van der Waals surface area contributed by atoms with Crippen LogP contribution in [0.3, 0.4) is 0 Å². The second kappa shape index (κ2) is 6.39. The van der Waals surface area contributed by atoms with Gasteiger partial charge in [0, 0.05) is 0 Å². The van der Waals surface area contributed by atoms with Crippen LogP contribution < -0.4 is 0 Å². The molecule has 0 aliphatic heterocycles. The van der Waals surface area contributed by atoms with Crippen molar-refractivity contribution in [3.8, 4) is 0 Å². The van der Waals surface area contributed by atoms with Gasteiger partial charge in [0.05, 0.1) is 6.17 Å². The van der Waals surface area contributed by atoms with Crippen LogP contribution in [-0.4, -0.2) is 6.17 Å². The maximum Gasteiger partial charge on any atom is 0.0999 e. The Hall–Kier alpha value is -0.0700. The molecule has 0 aromatic heterocycles. The fourth-order valence-electron chi connectivity index (χ4n) is 1.75. The first-order valence-corrected chi connectivity index (χ1v) is 5.63. The third kappa shape index (κ3) is 5.28. The highest BCUT2D eigenvalue weighted by Gasteiger charge is 2.18. The predicted octanol–water partition coefficient (Wildman–Crippen LogP) is 4.44. The van der Waals surface area contributed by atoms with Crippen LogP contribution in [0.1, 0.15) is 53.9 Å². The molecule has 0 amide bonds. The standard InChI is InChI=1S/C12H25F/c1-6-7-9(2)10(3)8-11(4)12(5)13/h9-12H,6-8H2,1-5H3. The summed E-state index contributed by atoms with van der Waals surface area (Å²) in [6.07, 6.45) is 2.88. The summed E-state index contributed by atoms with van der Waals surface area (Å²) in [5.74, 6) is 1.62. The number of rotatable bonds is 6. The summed E-state index contributed by atoms with van der Waals surface area (Å²) in [7, 11) is 0. The maximum absolute atomic E-state index is 12.9. The fraction of sp³-hybridized carbons (Fsp3) is 1.00. The normalized spacial score (nSPS) is 20.8. The highest BCUT2D eigenvalue weighted by molar-refractivity contribution is 4.68. The lowest BCUT2D eigenvalue weighted by atomic mass is 9.84. The molecule has 0 aromatic carbocycles. The Bertz CT molecular complexity index is 120. The molecule has 0 radical (unpaired) electrons. The third-order valence-electron chi connectivity index (χ3n) is 3.24. The second-order valence-electron chi connectivity index (χ2n) is 4.63. The van der Waals surface area contributed by atoms with Crippen LogP contribution in [0.2, 0.25) is 0 Å². The molecule has 1 heteroatoms. The van der Waals surface area contributed by atoms with E-state index in [1.165, 1.54) is 12.8 Å². The van der Waals surface area contributed by atoms with Gasteiger partial charge in [0.15, 0.2) is 0 Å². The van der Waals surface area contributed by atoms with Gasteiger partial charge >= 0.3 is 0 Å². The van der Waals surface area contributed by atoms with Crippen LogP contribution in [0.4, 0.5) is 4.39 Å². The summed E-state index contributed by atoms with van der Waals surface area (Å²) in [5, 5.41) is 0. The summed E-state index contributed by atoms with van der Waals surface area (Å²) in [6, 6.07) is 0. The Balaban J connectivity index is 3.77. The van der Waals surface area contributed by atoms with E-state index in [0.717, 1.165) is 12.3 Å². The molecule has 0 aromatic rings. The zero-order valence-corrected chi connectivity index (χ0v) is 9.81. The van der Waals surface area contributed by atoms with E-state index in [2.05, 4.69) is 20.8 Å². The summed E-state index contributed by atoms with van der Waals surface area (Å²) >= 11 is 0. The van der Waals surface area contributed by atoms with Crippen molar-refractivity contribution < 1.29 is 4.39 Å². The molecule has 0 aliphatic rings. The summed E-state index contributed by atoms with van der Waals surface area (Å²) in [5.41, 5.74) is 0. The molecule has 0 spiro atoms. The first-order valence-electron chi connectivity index (χ1n) is 5.63. The minimum atomic E-state index is -0.656. The molecule has 0 saturated carbocycles. The molecule has 0 N–H and O–H groups in total. The monoisotopic (exact) mass is 188 g/mol. The van der Waals surface area contributed by atoms with Crippen LogP contribution >= 0.6 is 0 Å². The van der Waals surface area contributed by atoms with E-state index >= 15 is 0 Å². The zero-order chi connectivity index (χ0) is 10.4. The average molecular weight is 188 g/mol. The van der Waals surface area contributed by atoms with Gasteiger partial charge in [-0.05, 0) is 31.1 Å². The van der Waals surface area contributed by atoms with Gasteiger partial charge in [-0.15, -0.1) is 0 Å². The van der Waals surface area contributed by atoms with Crippen LogP contribution in [-0.2, 0) is 0 Å². The Morgan fingerprint density at radius 1 is 0.923 bits per heavy atom. The largest absolute Gasteiger partial charge is 0.248 e. The molecule has 0 nitrogen and oxygen atoms in total. The lowest BCUT2D eigenvalue weighted by molar-refractivity contribution is 0.205. The van der Waals surface area contributed by atoms with Gasteiger partial charge in [0.2, 0.25) is 0 Å². The minimum Gasteiger partial charge on any atom is -0.248 e. The molecular weight excluding hydrogens is 163 g/mol. The van der Waals surface area contributed by atoms with Crippen molar-refractivity contribution in [3.63, 3.8) is 0 Å². The first-order chi connectivity index (χ1) is 5.99. The van der Waals surface area contributed by atoms with E-state index in [1.54, 1.807) is 6.92 Å². The Labute approximate surface area is 82.9 Å². The van der Waals surface area contributed by atoms with Gasteiger partial charge in [0.1, 0.15) is 0 Å². The molecule has 4 unspecified atom stereocenters. The van der Waals surface area contributed by atoms with Crippen LogP contribution in [0, 0.1) is 17.8 Å². The van der Waals surface area contributed by atoms with Crippen molar-refractivity contribution >= 4 is 0 Å². The SMILES string of the molecule is CCCC(C)C(C)CC(C)C(C)F. The maximum atomic E-state index is 12.9. The molecular formula is C12H25F. The van der Waals surface area contributed by atoms with Gasteiger partial charge in [-0.2, -0.15) is 0 Å². The number of hydrogen-bond donors (Lipinski definition) is 0. The van der Waals surface area contributed by atoms with Crippen molar-refractivity contribution in [1.82, 2.24) is 0 Å². The van der Waals surface area contributed by atoms with E-state index in [1.807, 2.05) is 6.92 Å². The smallest absolute Gasteiger partial charge is 0.0999 e. The Morgan fingerprint density at radius 2 is 1.46 bits per heavy atom. The van der Waals surface area contributed by atoms with Crippen molar-refractivity contribution in [2.75, 3.05) is 0 Å². The quantitative estimate of drug-likeness (QED) is 0.578. The zero-order valence-electron chi connectivity index (χ0n) is 9.81. The van der Waals surface area contributed by atoms with Gasteiger partial charge in [-0.3, -0.25) is 0 Å². The number of halogens is 1.